The molecule has 0 fully saturated rings. The van der Waals surface area contributed by atoms with Crippen molar-refractivity contribution in [2.24, 2.45) is 0 Å². The van der Waals surface area contributed by atoms with Crippen LogP contribution in [0.25, 0.3) is 0 Å². The maximum atomic E-state index is 10.4. The standard InChI is InChI=1S/C13H16O2/c1-10(2)3-5-12-9-11(7-8-14)4-6-13(12)15/h3-4,6,8-9,15H,5,7H2,1-2H3. The van der Waals surface area contributed by atoms with Gasteiger partial charge in [-0.3, -0.25) is 0 Å². The summed E-state index contributed by atoms with van der Waals surface area (Å²) in [6, 6.07) is 5.30. The van der Waals surface area contributed by atoms with E-state index in [1.807, 2.05) is 19.9 Å². The summed E-state index contributed by atoms with van der Waals surface area (Å²) in [6.07, 6.45) is 4.04. The van der Waals surface area contributed by atoms with Crippen LogP contribution in [0.5, 0.6) is 5.75 Å². The van der Waals surface area contributed by atoms with Crippen molar-refractivity contribution in [1.29, 1.82) is 0 Å². The van der Waals surface area contributed by atoms with E-state index < -0.39 is 0 Å². The molecule has 0 bridgehead atoms. The molecule has 0 radical (unpaired) electrons. The number of phenols is 1. The van der Waals surface area contributed by atoms with Crippen molar-refractivity contribution < 1.29 is 9.90 Å². The van der Waals surface area contributed by atoms with Crippen LogP contribution in [-0.2, 0) is 17.6 Å². The highest BCUT2D eigenvalue weighted by molar-refractivity contribution is 5.56. The molecule has 1 aromatic carbocycles. The number of carbonyl (C=O) groups excluding carboxylic acids is 1. The van der Waals surface area contributed by atoms with Crippen molar-refractivity contribution in [3.05, 3.63) is 41.0 Å². The molecule has 0 unspecified atom stereocenters. The number of rotatable bonds is 4. The van der Waals surface area contributed by atoms with E-state index in [0.717, 1.165) is 17.4 Å². The molecule has 0 amide bonds. The molecule has 0 heterocycles. The zero-order valence-corrected chi connectivity index (χ0v) is 9.16. The zero-order valence-electron chi connectivity index (χ0n) is 9.16. The quantitative estimate of drug-likeness (QED) is 0.604. The average molecular weight is 204 g/mol. The predicted octanol–water partition coefficient (Wildman–Crippen LogP) is 2.64. The Balaban J connectivity index is 2.89. The highest BCUT2D eigenvalue weighted by atomic mass is 16.3. The molecular weight excluding hydrogens is 188 g/mol. The van der Waals surface area contributed by atoms with Gasteiger partial charge in [0.1, 0.15) is 12.0 Å². The van der Waals surface area contributed by atoms with Crippen molar-refractivity contribution >= 4 is 6.29 Å². The summed E-state index contributed by atoms with van der Waals surface area (Å²) >= 11 is 0. The smallest absolute Gasteiger partial charge is 0.124 e. The largest absolute Gasteiger partial charge is 0.508 e. The third-order valence-electron chi connectivity index (χ3n) is 2.19. The predicted molar refractivity (Wildman–Crippen MR) is 61.0 cm³/mol. The monoisotopic (exact) mass is 204 g/mol. The minimum Gasteiger partial charge on any atom is -0.508 e. The number of hydrogen-bond donors (Lipinski definition) is 1. The second-order valence-electron chi connectivity index (χ2n) is 3.82. The van der Waals surface area contributed by atoms with E-state index in [-0.39, 0.29) is 0 Å². The summed E-state index contributed by atoms with van der Waals surface area (Å²) in [5, 5.41) is 9.60. The lowest BCUT2D eigenvalue weighted by Crippen LogP contribution is -1.90. The third-order valence-corrected chi connectivity index (χ3v) is 2.19. The van der Waals surface area contributed by atoms with E-state index in [9.17, 15) is 9.90 Å². The first kappa shape index (κ1) is 11.5. The maximum Gasteiger partial charge on any atom is 0.124 e. The van der Waals surface area contributed by atoms with E-state index in [4.69, 9.17) is 0 Å². The minimum absolute atomic E-state index is 0.294. The molecule has 2 heteroatoms. The van der Waals surface area contributed by atoms with E-state index in [2.05, 4.69) is 6.08 Å². The Morgan fingerprint density at radius 2 is 2.07 bits per heavy atom. The van der Waals surface area contributed by atoms with E-state index in [1.54, 1.807) is 12.1 Å². The molecule has 15 heavy (non-hydrogen) atoms. The van der Waals surface area contributed by atoms with Gasteiger partial charge in [0, 0.05) is 6.42 Å². The van der Waals surface area contributed by atoms with Crippen LogP contribution in [0, 0.1) is 0 Å². The second kappa shape index (κ2) is 5.35. The number of aldehydes is 1. The topological polar surface area (TPSA) is 37.3 Å². The molecule has 0 aliphatic rings. The van der Waals surface area contributed by atoms with Crippen molar-refractivity contribution in [1.82, 2.24) is 0 Å². The Hall–Kier alpha value is -1.57. The van der Waals surface area contributed by atoms with Crippen LogP contribution in [0.3, 0.4) is 0 Å². The maximum absolute atomic E-state index is 10.4. The molecular formula is C13H16O2. The van der Waals surface area contributed by atoms with Gasteiger partial charge in [0.25, 0.3) is 0 Å². The van der Waals surface area contributed by atoms with Crippen LogP contribution in [0.4, 0.5) is 0 Å². The summed E-state index contributed by atoms with van der Waals surface area (Å²) in [5.41, 5.74) is 3.03. The van der Waals surface area contributed by atoms with Crippen molar-refractivity contribution in [2.75, 3.05) is 0 Å². The van der Waals surface area contributed by atoms with Gasteiger partial charge in [-0.1, -0.05) is 23.8 Å². The summed E-state index contributed by atoms with van der Waals surface area (Å²) in [5.74, 6) is 0.294. The number of benzene rings is 1. The third kappa shape index (κ3) is 3.58. The van der Waals surface area contributed by atoms with Gasteiger partial charge < -0.3 is 9.90 Å². The molecule has 1 N–H and O–H groups in total. The van der Waals surface area contributed by atoms with Gasteiger partial charge in [-0.15, -0.1) is 0 Å². The number of aromatic hydroxyl groups is 1. The fourth-order valence-electron chi connectivity index (χ4n) is 1.34. The zero-order chi connectivity index (χ0) is 11.3. The van der Waals surface area contributed by atoms with Gasteiger partial charge >= 0.3 is 0 Å². The van der Waals surface area contributed by atoms with Crippen LogP contribution in [0.1, 0.15) is 25.0 Å². The normalized spacial score (nSPS) is 9.73. The van der Waals surface area contributed by atoms with Gasteiger partial charge in [0.2, 0.25) is 0 Å². The lowest BCUT2D eigenvalue weighted by Gasteiger charge is -2.04. The number of hydrogen-bond acceptors (Lipinski definition) is 2. The lowest BCUT2D eigenvalue weighted by molar-refractivity contribution is -0.107. The van der Waals surface area contributed by atoms with E-state index in [1.165, 1.54) is 5.57 Å². The summed E-state index contributed by atoms with van der Waals surface area (Å²) in [4.78, 5) is 10.4. The fourth-order valence-corrected chi connectivity index (χ4v) is 1.34. The summed E-state index contributed by atoms with van der Waals surface area (Å²) < 4.78 is 0. The molecule has 0 atom stereocenters. The molecule has 0 aliphatic heterocycles. The van der Waals surface area contributed by atoms with Crippen LogP contribution < -0.4 is 0 Å². The van der Waals surface area contributed by atoms with Crippen LogP contribution in [0.2, 0.25) is 0 Å². The van der Waals surface area contributed by atoms with E-state index >= 15 is 0 Å². The SMILES string of the molecule is CC(C)=CCc1cc(CC=O)ccc1O. The van der Waals surface area contributed by atoms with Crippen molar-refractivity contribution in [2.45, 2.75) is 26.7 Å². The highest BCUT2D eigenvalue weighted by Crippen LogP contribution is 2.19. The number of allylic oxidation sites excluding steroid dienone is 2. The Kier molecular flexibility index (Phi) is 4.10. The van der Waals surface area contributed by atoms with E-state index in [0.29, 0.717) is 18.6 Å². The lowest BCUT2D eigenvalue weighted by atomic mass is 10.0. The molecule has 0 aliphatic carbocycles. The Bertz CT molecular complexity index is 374. The molecule has 0 spiro atoms. The fraction of sp³-hybridized carbons (Fsp3) is 0.308. The van der Waals surface area contributed by atoms with Gasteiger partial charge in [-0.25, -0.2) is 0 Å². The summed E-state index contributed by atoms with van der Waals surface area (Å²) in [7, 11) is 0. The first-order valence-corrected chi connectivity index (χ1v) is 5.01. The van der Waals surface area contributed by atoms with Crippen LogP contribution in [-0.4, -0.2) is 11.4 Å². The Labute approximate surface area is 90.3 Å². The summed E-state index contributed by atoms with van der Waals surface area (Å²) in [6.45, 7) is 4.04. The molecule has 0 aromatic heterocycles. The first-order chi connectivity index (χ1) is 7.13. The second-order valence-corrected chi connectivity index (χ2v) is 3.82. The van der Waals surface area contributed by atoms with Crippen molar-refractivity contribution in [3.63, 3.8) is 0 Å². The minimum atomic E-state index is 0.294. The first-order valence-electron chi connectivity index (χ1n) is 5.01. The van der Waals surface area contributed by atoms with Crippen LogP contribution >= 0.6 is 0 Å². The molecule has 80 valence electrons. The van der Waals surface area contributed by atoms with Gasteiger partial charge in [0.05, 0.1) is 0 Å². The number of carbonyl (C=O) groups is 1. The molecule has 0 saturated heterocycles. The van der Waals surface area contributed by atoms with Gasteiger partial charge in [0.15, 0.2) is 0 Å². The molecule has 2 nitrogen and oxygen atoms in total. The molecule has 0 saturated carbocycles. The van der Waals surface area contributed by atoms with Gasteiger partial charge in [-0.05, 0) is 37.5 Å². The molecule has 1 aromatic rings. The Morgan fingerprint density at radius 3 is 2.67 bits per heavy atom. The Morgan fingerprint density at radius 1 is 1.33 bits per heavy atom. The highest BCUT2D eigenvalue weighted by Gasteiger charge is 2.01. The number of phenolic OH excluding ortho intramolecular Hbond substituents is 1. The van der Waals surface area contributed by atoms with Crippen LogP contribution in [0.15, 0.2) is 29.8 Å². The van der Waals surface area contributed by atoms with Gasteiger partial charge in [-0.2, -0.15) is 0 Å². The molecule has 1 rings (SSSR count). The van der Waals surface area contributed by atoms with Crippen molar-refractivity contribution in [3.8, 4) is 5.75 Å². The average Bonchev–Trinajstić information content (AvgIpc) is 2.19.